The molecule has 1 aromatic heterocycles. The van der Waals surface area contributed by atoms with E-state index in [1.807, 2.05) is 23.2 Å². The van der Waals surface area contributed by atoms with Crippen LogP contribution in [0.25, 0.3) is 11.6 Å². The van der Waals surface area contributed by atoms with Gasteiger partial charge in [0.1, 0.15) is 0 Å². The standard InChI is InChI=1S/C32H34ClN7O/c1-37-11-13-38(14-12-37)22-25-19-24-3-2-10-35-30(24)31(28-9-6-26(33)20-29(25)28)39-15-17-40(18-16-39)32(41)36-27-7-4-23(21-34)5-8-27/h2-10,19-20,31H,11-18,22H2,1H3,(H,36,41). The largest absolute Gasteiger partial charge is 0.322 e. The molecule has 0 radical (unpaired) electrons. The van der Waals surface area contributed by atoms with Gasteiger partial charge in [-0.3, -0.25) is 14.8 Å². The highest BCUT2D eigenvalue weighted by Gasteiger charge is 2.34. The van der Waals surface area contributed by atoms with Gasteiger partial charge in [0, 0.05) is 75.8 Å². The van der Waals surface area contributed by atoms with Gasteiger partial charge < -0.3 is 15.1 Å². The predicted octanol–water partition coefficient (Wildman–Crippen LogP) is 4.65. The van der Waals surface area contributed by atoms with E-state index >= 15 is 0 Å². The van der Waals surface area contributed by atoms with Crippen molar-refractivity contribution in [3.8, 4) is 6.07 Å². The highest BCUT2D eigenvalue weighted by atomic mass is 35.5. The predicted molar refractivity (Wildman–Crippen MR) is 163 cm³/mol. The van der Waals surface area contributed by atoms with E-state index in [0.29, 0.717) is 24.3 Å². The zero-order valence-corrected chi connectivity index (χ0v) is 24.0. The lowest BCUT2D eigenvalue weighted by molar-refractivity contribution is 0.125. The number of nitrogens with zero attached hydrogens (tertiary/aromatic N) is 6. The Morgan fingerprint density at radius 3 is 2.51 bits per heavy atom. The van der Waals surface area contributed by atoms with Crippen LogP contribution in [0.5, 0.6) is 0 Å². The Kier molecular flexibility index (Phi) is 8.04. The first-order valence-corrected chi connectivity index (χ1v) is 14.5. The third kappa shape index (κ3) is 5.99. The summed E-state index contributed by atoms with van der Waals surface area (Å²) in [5, 5.41) is 12.7. The molecule has 1 atom stereocenters. The van der Waals surface area contributed by atoms with Gasteiger partial charge in [-0.15, -0.1) is 0 Å². The minimum Gasteiger partial charge on any atom is -0.322 e. The summed E-state index contributed by atoms with van der Waals surface area (Å²) in [5.74, 6) is 0. The van der Waals surface area contributed by atoms with Gasteiger partial charge in [0.05, 0.1) is 23.4 Å². The number of pyridine rings is 1. The van der Waals surface area contributed by atoms with E-state index in [-0.39, 0.29) is 12.1 Å². The smallest absolute Gasteiger partial charge is 0.321 e. The van der Waals surface area contributed by atoms with Crippen molar-refractivity contribution in [1.82, 2.24) is 24.6 Å². The lowest BCUT2D eigenvalue weighted by Gasteiger charge is -2.40. The molecule has 2 amide bonds. The minimum atomic E-state index is -0.128. The van der Waals surface area contributed by atoms with Crippen LogP contribution in [0, 0.1) is 11.3 Å². The second kappa shape index (κ2) is 12.0. The van der Waals surface area contributed by atoms with Crippen molar-refractivity contribution in [2.45, 2.75) is 6.04 Å². The molecule has 1 aliphatic carbocycles. The molecule has 210 valence electrons. The molecule has 3 aliphatic rings. The molecule has 0 bridgehead atoms. The average molecular weight is 568 g/mol. The van der Waals surface area contributed by atoms with E-state index in [1.165, 1.54) is 16.7 Å². The van der Waals surface area contributed by atoms with Crippen molar-refractivity contribution < 1.29 is 4.79 Å². The molecule has 1 N–H and O–H groups in total. The molecule has 6 rings (SSSR count). The number of anilines is 1. The Hall–Kier alpha value is -3.74. The number of nitriles is 1. The number of rotatable bonds is 4. The second-order valence-corrected chi connectivity index (χ2v) is 11.4. The highest BCUT2D eigenvalue weighted by molar-refractivity contribution is 6.30. The van der Waals surface area contributed by atoms with E-state index < -0.39 is 0 Å². The Labute approximate surface area is 246 Å². The summed E-state index contributed by atoms with van der Waals surface area (Å²) in [5.41, 5.74) is 7.09. The molecule has 2 saturated heterocycles. The Balaban J connectivity index is 1.24. The Bertz CT molecular complexity index is 1480. The van der Waals surface area contributed by atoms with Crippen molar-refractivity contribution in [3.05, 3.63) is 93.8 Å². The number of hydrogen-bond acceptors (Lipinski definition) is 6. The molecule has 2 aromatic carbocycles. The number of carbonyl (C=O) groups is 1. The van der Waals surface area contributed by atoms with Gasteiger partial charge in [-0.05, 0) is 77.9 Å². The summed E-state index contributed by atoms with van der Waals surface area (Å²) < 4.78 is 0. The molecule has 0 saturated carbocycles. The van der Waals surface area contributed by atoms with E-state index in [9.17, 15) is 4.79 Å². The molecule has 41 heavy (non-hydrogen) atoms. The van der Waals surface area contributed by atoms with Crippen LogP contribution in [-0.2, 0) is 0 Å². The number of halogens is 1. The summed E-state index contributed by atoms with van der Waals surface area (Å²) >= 11 is 6.60. The maximum Gasteiger partial charge on any atom is 0.321 e. The Morgan fingerprint density at radius 1 is 1.02 bits per heavy atom. The Morgan fingerprint density at radius 2 is 1.78 bits per heavy atom. The number of fused-ring (bicyclic) bond motifs is 2. The molecule has 8 nitrogen and oxygen atoms in total. The number of piperazine rings is 2. The number of carbonyl (C=O) groups excluding carboxylic acids is 1. The monoisotopic (exact) mass is 567 g/mol. The molecule has 1 unspecified atom stereocenters. The SMILES string of the molecule is CN1CCN(CC2=Cc3cccnc3C(N3CCN(C(=O)Nc4ccc(C#N)cc4)CC3)c3ccc(Cl)cc32)CC1. The zero-order chi connectivity index (χ0) is 28.3. The number of aromatic nitrogens is 1. The maximum absolute atomic E-state index is 13.0. The van der Waals surface area contributed by atoms with Crippen LogP contribution in [0.3, 0.4) is 0 Å². The van der Waals surface area contributed by atoms with Crippen molar-refractivity contribution in [3.63, 3.8) is 0 Å². The molecule has 9 heteroatoms. The van der Waals surface area contributed by atoms with Gasteiger partial charge in [0.2, 0.25) is 0 Å². The van der Waals surface area contributed by atoms with Crippen LogP contribution in [0.2, 0.25) is 5.02 Å². The van der Waals surface area contributed by atoms with Gasteiger partial charge in [-0.25, -0.2) is 4.79 Å². The van der Waals surface area contributed by atoms with Gasteiger partial charge in [-0.1, -0.05) is 23.7 Å². The fraction of sp³-hybridized carbons (Fsp3) is 0.344. The number of amides is 2. The normalized spacial score (nSPS) is 19.9. The fourth-order valence-electron chi connectivity index (χ4n) is 6.00. The van der Waals surface area contributed by atoms with Crippen LogP contribution < -0.4 is 5.32 Å². The molecular weight excluding hydrogens is 534 g/mol. The highest BCUT2D eigenvalue weighted by Crippen LogP contribution is 2.40. The molecular formula is C32H34ClN7O. The van der Waals surface area contributed by atoms with E-state index in [4.69, 9.17) is 21.8 Å². The first kappa shape index (κ1) is 27.4. The van der Waals surface area contributed by atoms with E-state index in [0.717, 1.165) is 62.1 Å². The molecule has 3 aromatic rings. The topological polar surface area (TPSA) is 78.7 Å². The van der Waals surface area contributed by atoms with Crippen LogP contribution in [-0.4, -0.2) is 96.6 Å². The molecule has 0 spiro atoms. The van der Waals surface area contributed by atoms with Gasteiger partial charge in [0.15, 0.2) is 0 Å². The van der Waals surface area contributed by atoms with Gasteiger partial charge >= 0.3 is 6.03 Å². The number of urea groups is 1. The van der Waals surface area contributed by atoms with Crippen LogP contribution in [0.1, 0.15) is 34.0 Å². The van der Waals surface area contributed by atoms with Crippen LogP contribution in [0.15, 0.2) is 60.8 Å². The minimum absolute atomic E-state index is 0.0385. The summed E-state index contributed by atoms with van der Waals surface area (Å²) in [6.07, 6.45) is 4.18. The molecule has 2 aliphatic heterocycles. The summed E-state index contributed by atoms with van der Waals surface area (Å²) in [7, 11) is 2.18. The summed E-state index contributed by atoms with van der Waals surface area (Å²) in [6.45, 7) is 7.73. The summed E-state index contributed by atoms with van der Waals surface area (Å²) in [6, 6.07) is 19.3. The third-order valence-corrected chi connectivity index (χ3v) is 8.57. The van der Waals surface area contributed by atoms with Crippen molar-refractivity contribution >= 4 is 35.0 Å². The van der Waals surface area contributed by atoms with Crippen molar-refractivity contribution in [1.29, 1.82) is 5.26 Å². The first-order chi connectivity index (χ1) is 20.0. The number of nitrogens with one attached hydrogen (secondary N) is 1. The van der Waals surface area contributed by atoms with Gasteiger partial charge in [0.25, 0.3) is 0 Å². The van der Waals surface area contributed by atoms with Crippen LogP contribution in [0.4, 0.5) is 10.5 Å². The second-order valence-electron chi connectivity index (χ2n) is 11.0. The maximum atomic E-state index is 13.0. The number of likely N-dealkylation sites (N-methyl/N-ethyl adjacent to an activating group) is 1. The number of benzene rings is 2. The van der Waals surface area contributed by atoms with Crippen molar-refractivity contribution in [2.24, 2.45) is 0 Å². The van der Waals surface area contributed by atoms with Crippen LogP contribution >= 0.6 is 11.6 Å². The van der Waals surface area contributed by atoms with Gasteiger partial charge in [-0.2, -0.15) is 5.26 Å². The van der Waals surface area contributed by atoms with E-state index in [2.05, 4.69) is 57.4 Å². The van der Waals surface area contributed by atoms with E-state index in [1.54, 1.807) is 24.3 Å². The first-order valence-electron chi connectivity index (χ1n) is 14.1. The van der Waals surface area contributed by atoms with Crippen molar-refractivity contribution in [2.75, 3.05) is 71.3 Å². The lowest BCUT2D eigenvalue weighted by Crippen LogP contribution is -2.51. The fourth-order valence-corrected chi connectivity index (χ4v) is 6.17. The number of hydrogen-bond donors (Lipinski definition) is 1. The third-order valence-electron chi connectivity index (χ3n) is 8.34. The zero-order valence-electron chi connectivity index (χ0n) is 23.3. The summed E-state index contributed by atoms with van der Waals surface area (Å²) in [4.78, 5) is 27.1. The lowest BCUT2D eigenvalue weighted by atomic mass is 9.93. The molecule has 3 heterocycles. The molecule has 2 fully saturated rings. The average Bonchev–Trinajstić information content (AvgIpc) is 3.13. The quantitative estimate of drug-likeness (QED) is 0.494.